The molecule has 0 spiro atoms. The van der Waals surface area contributed by atoms with E-state index in [1.807, 2.05) is 29.6 Å². The van der Waals surface area contributed by atoms with Gasteiger partial charge in [0.15, 0.2) is 5.13 Å². The molecule has 8 nitrogen and oxygen atoms in total. The molecule has 0 aliphatic carbocycles. The number of piperidine rings is 1. The SMILES string of the molecule is COc1ccc(S(=O)(=O)N2CCCC(C(=O)Nc3nc(-c4nc5ccccc5s4)cs3)C2)cc1. The van der Waals surface area contributed by atoms with Gasteiger partial charge in [0, 0.05) is 18.5 Å². The minimum Gasteiger partial charge on any atom is -0.497 e. The second-order valence-electron chi connectivity index (χ2n) is 7.89. The van der Waals surface area contributed by atoms with Gasteiger partial charge in [-0.3, -0.25) is 4.79 Å². The van der Waals surface area contributed by atoms with Crippen LogP contribution in [0.1, 0.15) is 12.8 Å². The molecule has 1 fully saturated rings. The van der Waals surface area contributed by atoms with Crippen molar-refractivity contribution in [2.75, 3.05) is 25.5 Å². The van der Waals surface area contributed by atoms with Crippen LogP contribution in [0.25, 0.3) is 20.9 Å². The molecule has 2 aromatic heterocycles. The van der Waals surface area contributed by atoms with Crippen molar-refractivity contribution in [2.24, 2.45) is 5.92 Å². The molecule has 2 aromatic carbocycles. The Morgan fingerprint density at radius 3 is 2.71 bits per heavy atom. The smallest absolute Gasteiger partial charge is 0.243 e. The number of carbonyl (C=O) groups is 1. The third-order valence-electron chi connectivity index (χ3n) is 5.70. The zero-order valence-corrected chi connectivity index (χ0v) is 20.8. The van der Waals surface area contributed by atoms with Crippen LogP contribution < -0.4 is 10.1 Å². The van der Waals surface area contributed by atoms with Gasteiger partial charge in [0.05, 0.1) is 28.1 Å². The second kappa shape index (κ2) is 9.41. The number of nitrogens with one attached hydrogen (secondary N) is 1. The van der Waals surface area contributed by atoms with Crippen LogP contribution in [0.4, 0.5) is 5.13 Å². The third kappa shape index (κ3) is 4.56. The average Bonchev–Trinajstić information content (AvgIpc) is 3.51. The van der Waals surface area contributed by atoms with Crippen LogP contribution >= 0.6 is 22.7 Å². The van der Waals surface area contributed by atoms with Gasteiger partial charge in [0.2, 0.25) is 15.9 Å². The van der Waals surface area contributed by atoms with Crippen LogP contribution in [0.2, 0.25) is 0 Å². The Morgan fingerprint density at radius 1 is 1.15 bits per heavy atom. The largest absolute Gasteiger partial charge is 0.497 e. The first kappa shape index (κ1) is 22.9. The van der Waals surface area contributed by atoms with Crippen molar-refractivity contribution in [3.8, 4) is 16.5 Å². The van der Waals surface area contributed by atoms with Gasteiger partial charge in [0.25, 0.3) is 0 Å². The summed E-state index contributed by atoms with van der Waals surface area (Å²) < 4.78 is 33.7. The molecule has 1 saturated heterocycles. The normalized spacial score (nSPS) is 17.0. The van der Waals surface area contributed by atoms with E-state index in [9.17, 15) is 13.2 Å². The summed E-state index contributed by atoms with van der Waals surface area (Å²) in [5.41, 5.74) is 1.63. The number of carbonyl (C=O) groups excluding carboxylic acids is 1. The van der Waals surface area contributed by atoms with E-state index in [1.54, 1.807) is 23.5 Å². The molecule has 0 saturated carbocycles. The van der Waals surface area contributed by atoms with E-state index in [2.05, 4.69) is 15.3 Å². The number of thiazole rings is 2. The molecule has 1 amide bonds. The Balaban J connectivity index is 1.27. The molecule has 1 aliphatic heterocycles. The van der Waals surface area contributed by atoms with E-state index in [4.69, 9.17) is 4.74 Å². The summed E-state index contributed by atoms with van der Waals surface area (Å²) in [4.78, 5) is 22.3. The van der Waals surface area contributed by atoms with Crippen molar-refractivity contribution in [3.05, 3.63) is 53.9 Å². The minimum absolute atomic E-state index is 0.135. The topological polar surface area (TPSA) is 101 Å². The number of fused-ring (bicyclic) bond motifs is 1. The number of para-hydroxylation sites is 1. The Morgan fingerprint density at radius 2 is 1.94 bits per heavy atom. The molecule has 1 N–H and O–H groups in total. The molecule has 0 radical (unpaired) electrons. The molecule has 176 valence electrons. The maximum Gasteiger partial charge on any atom is 0.243 e. The lowest BCUT2D eigenvalue weighted by Gasteiger charge is -2.31. The lowest BCUT2D eigenvalue weighted by atomic mass is 9.99. The first-order valence-corrected chi connectivity index (χ1v) is 13.8. The van der Waals surface area contributed by atoms with E-state index in [1.165, 1.54) is 34.9 Å². The zero-order chi connectivity index (χ0) is 23.7. The molecular weight excluding hydrogens is 492 g/mol. The number of methoxy groups -OCH3 is 1. The second-order valence-corrected chi connectivity index (χ2v) is 11.7. The predicted molar refractivity (Wildman–Crippen MR) is 134 cm³/mol. The third-order valence-corrected chi connectivity index (χ3v) is 9.40. The van der Waals surface area contributed by atoms with E-state index < -0.39 is 15.9 Å². The van der Waals surface area contributed by atoms with E-state index in [-0.39, 0.29) is 17.3 Å². The molecule has 1 unspecified atom stereocenters. The highest BCUT2D eigenvalue weighted by Gasteiger charge is 2.33. The van der Waals surface area contributed by atoms with E-state index in [0.29, 0.717) is 36.0 Å². The van der Waals surface area contributed by atoms with Crippen LogP contribution in [0.5, 0.6) is 5.75 Å². The predicted octanol–water partition coefficient (Wildman–Crippen LogP) is 4.47. The standard InChI is InChI=1S/C23H22N4O4S3/c1-31-16-8-10-17(11-9-16)34(29,30)27-12-4-5-15(13-27)21(28)26-23-25-19(14-32-23)22-24-18-6-2-3-7-20(18)33-22/h2-3,6-11,14-15H,4-5,12-13H2,1H3,(H,25,26,28). The monoisotopic (exact) mass is 514 g/mol. The fraction of sp³-hybridized carbons (Fsp3) is 0.261. The molecule has 11 heteroatoms. The number of anilines is 1. The number of rotatable bonds is 6. The Labute approximate surface area is 205 Å². The number of hydrogen-bond acceptors (Lipinski definition) is 8. The van der Waals surface area contributed by atoms with Gasteiger partial charge in [-0.25, -0.2) is 18.4 Å². The Hall–Kier alpha value is -2.86. The van der Waals surface area contributed by atoms with Gasteiger partial charge in [-0.1, -0.05) is 12.1 Å². The first-order valence-electron chi connectivity index (χ1n) is 10.7. The molecule has 5 rings (SSSR count). The van der Waals surface area contributed by atoms with Crippen molar-refractivity contribution in [1.29, 1.82) is 0 Å². The van der Waals surface area contributed by atoms with Crippen molar-refractivity contribution in [1.82, 2.24) is 14.3 Å². The highest BCUT2D eigenvalue weighted by atomic mass is 32.2. The van der Waals surface area contributed by atoms with Crippen LogP contribution in [0.15, 0.2) is 58.8 Å². The summed E-state index contributed by atoms with van der Waals surface area (Å²) in [6.07, 6.45) is 1.23. The maximum atomic E-state index is 13.1. The molecule has 1 aliphatic rings. The molecule has 3 heterocycles. The van der Waals surface area contributed by atoms with E-state index >= 15 is 0 Å². The molecule has 4 aromatic rings. The van der Waals surface area contributed by atoms with Gasteiger partial charge in [-0.2, -0.15) is 4.31 Å². The molecule has 34 heavy (non-hydrogen) atoms. The summed E-state index contributed by atoms with van der Waals surface area (Å²) >= 11 is 2.89. The van der Waals surface area contributed by atoms with Crippen LogP contribution in [-0.4, -0.2) is 48.8 Å². The fourth-order valence-corrected chi connectivity index (χ4v) is 7.11. The summed E-state index contributed by atoms with van der Waals surface area (Å²) in [6, 6.07) is 14.2. The highest BCUT2D eigenvalue weighted by molar-refractivity contribution is 7.89. The zero-order valence-electron chi connectivity index (χ0n) is 18.3. The summed E-state index contributed by atoms with van der Waals surface area (Å²) in [5.74, 6) is -0.0834. The van der Waals surface area contributed by atoms with Gasteiger partial charge in [-0.05, 0) is 49.2 Å². The Bertz CT molecular complexity index is 1400. The number of ether oxygens (including phenoxy) is 1. The lowest BCUT2D eigenvalue weighted by molar-refractivity contribution is -0.120. The fourth-order valence-electron chi connectivity index (χ4n) is 3.89. The maximum absolute atomic E-state index is 13.1. The number of sulfonamides is 1. The van der Waals surface area contributed by atoms with Gasteiger partial charge < -0.3 is 10.1 Å². The quantitative estimate of drug-likeness (QED) is 0.407. The van der Waals surface area contributed by atoms with Crippen LogP contribution in [0.3, 0.4) is 0 Å². The summed E-state index contributed by atoms with van der Waals surface area (Å²) in [7, 11) is -2.16. The molecule has 1 atom stereocenters. The lowest BCUT2D eigenvalue weighted by Crippen LogP contribution is -2.43. The molecular formula is C23H22N4O4S3. The van der Waals surface area contributed by atoms with Gasteiger partial charge in [0.1, 0.15) is 16.5 Å². The van der Waals surface area contributed by atoms with Crippen LogP contribution in [-0.2, 0) is 14.8 Å². The molecule has 0 bridgehead atoms. The van der Waals surface area contributed by atoms with Crippen molar-refractivity contribution in [3.63, 3.8) is 0 Å². The van der Waals surface area contributed by atoms with E-state index in [0.717, 1.165) is 15.2 Å². The van der Waals surface area contributed by atoms with Gasteiger partial charge >= 0.3 is 0 Å². The highest BCUT2D eigenvalue weighted by Crippen LogP contribution is 2.32. The average molecular weight is 515 g/mol. The number of amides is 1. The summed E-state index contributed by atoms with van der Waals surface area (Å²) in [5, 5.41) is 6.02. The number of hydrogen-bond donors (Lipinski definition) is 1. The Kier molecular flexibility index (Phi) is 6.34. The van der Waals surface area contributed by atoms with Gasteiger partial charge in [-0.15, -0.1) is 22.7 Å². The first-order chi connectivity index (χ1) is 16.4. The van der Waals surface area contributed by atoms with Crippen molar-refractivity contribution < 1.29 is 17.9 Å². The van der Waals surface area contributed by atoms with Crippen LogP contribution in [0, 0.1) is 5.92 Å². The van der Waals surface area contributed by atoms with Crippen molar-refractivity contribution >= 4 is 54.0 Å². The van der Waals surface area contributed by atoms with Crippen molar-refractivity contribution in [2.45, 2.75) is 17.7 Å². The summed E-state index contributed by atoms with van der Waals surface area (Å²) in [6.45, 7) is 0.521. The minimum atomic E-state index is -3.69. The number of aromatic nitrogens is 2. The number of benzene rings is 2. The number of nitrogens with zero attached hydrogens (tertiary/aromatic N) is 3.